The second-order valence-electron chi connectivity index (χ2n) is 5.97. The molecule has 0 aliphatic rings. The Hall–Kier alpha value is -3.35. The average Bonchev–Trinajstić information content (AvgIpc) is 3.15. The van der Waals surface area contributed by atoms with Gasteiger partial charge < -0.3 is 9.47 Å². The molecule has 0 bridgehead atoms. The van der Waals surface area contributed by atoms with Crippen LogP contribution in [0.25, 0.3) is 11.3 Å². The SMILES string of the molecule is COCCN=c1scc(-c2ccc(OC(F)F)cc2)n1/N=C/c1ccc(C#N)cc1. The molecule has 0 saturated carbocycles. The summed E-state index contributed by atoms with van der Waals surface area (Å²) < 4.78 is 35.9. The van der Waals surface area contributed by atoms with Crippen LogP contribution >= 0.6 is 11.3 Å². The van der Waals surface area contributed by atoms with E-state index < -0.39 is 6.61 Å². The highest BCUT2D eigenvalue weighted by molar-refractivity contribution is 7.07. The molecule has 0 atom stereocenters. The summed E-state index contributed by atoms with van der Waals surface area (Å²) in [5.41, 5.74) is 2.92. The smallest absolute Gasteiger partial charge is 0.387 e. The van der Waals surface area contributed by atoms with Crippen molar-refractivity contribution in [2.45, 2.75) is 6.61 Å². The van der Waals surface area contributed by atoms with E-state index >= 15 is 0 Å². The zero-order chi connectivity index (χ0) is 21.3. The number of ether oxygens (including phenoxy) is 2. The normalized spacial score (nSPS) is 11.9. The first-order valence-electron chi connectivity index (χ1n) is 8.90. The second kappa shape index (κ2) is 10.4. The fourth-order valence-electron chi connectivity index (χ4n) is 2.53. The predicted molar refractivity (Wildman–Crippen MR) is 111 cm³/mol. The minimum atomic E-state index is -2.87. The van der Waals surface area contributed by atoms with Crippen LogP contribution in [0.15, 0.2) is 64.0 Å². The Morgan fingerprint density at radius 3 is 2.53 bits per heavy atom. The lowest BCUT2D eigenvalue weighted by Crippen LogP contribution is -2.13. The van der Waals surface area contributed by atoms with Gasteiger partial charge in [0.2, 0.25) is 4.80 Å². The van der Waals surface area contributed by atoms with E-state index in [0.717, 1.165) is 16.8 Å². The van der Waals surface area contributed by atoms with Gasteiger partial charge >= 0.3 is 6.61 Å². The molecular formula is C21H18F2N4O2S. The van der Waals surface area contributed by atoms with E-state index in [2.05, 4.69) is 20.9 Å². The van der Waals surface area contributed by atoms with Gasteiger partial charge in [0.15, 0.2) is 0 Å². The third-order valence-corrected chi connectivity index (χ3v) is 4.82. The Morgan fingerprint density at radius 1 is 1.17 bits per heavy atom. The maximum Gasteiger partial charge on any atom is 0.387 e. The van der Waals surface area contributed by atoms with E-state index in [9.17, 15) is 8.78 Å². The van der Waals surface area contributed by atoms with Gasteiger partial charge in [-0.05, 0) is 42.0 Å². The molecule has 9 heteroatoms. The molecule has 2 aromatic carbocycles. The van der Waals surface area contributed by atoms with Gasteiger partial charge in [-0.3, -0.25) is 4.99 Å². The second-order valence-corrected chi connectivity index (χ2v) is 6.81. The minimum Gasteiger partial charge on any atom is -0.435 e. The average molecular weight is 428 g/mol. The standard InChI is InChI=1S/C21H18F2N4O2S/c1-28-11-10-25-21-27(26-13-16-4-2-15(12-24)3-5-16)19(14-30-21)17-6-8-18(9-7-17)29-20(22)23/h2-9,13-14,20H,10-11H2,1H3/b25-21?,26-13+. The fourth-order valence-corrected chi connectivity index (χ4v) is 3.39. The number of rotatable bonds is 8. The van der Waals surface area contributed by atoms with Crippen LogP contribution in [0.5, 0.6) is 5.75 Å². The van der Waals surface area contributed by atoms with E-state index in [-0.39, 0.29) is 5.75 Å². The molecule has 0 saturated heterocycles. The Labute approximate surface area is 176 Å². The van der Waals surface area contributed by atoms with Crippen LogP contribution in [0.1, 0.15) is 11.1 Å². The Balaban J connectivity index is 1.96. The van der Waals surface area contributed by atoms with Crippen LogP contribution in [-0.4, -0.2) is 37.8 Å². The molecule has 0 aliphatic carbocycles. The van der Waals surface area contributed by atoms with Gasteiger partial charge in [0.05, 0.1) is 36.7 Å². The third-order valence-electron chi connectivity index (χ3n) is 3.97. The summed E-state index contributed by atoms with van der Waals surface area (Å²) in [6.45, 7) is -1.92. The van der Waals surface area contributed by atoms with E-state index in [0.29, 0.717) is 23.5 Å². The van der Waals surface area contributed by atoms with Crippen molar-refractivity contribution in [2.75, 3.05) is 20.3 Å². The molecule has 0 unspecified atom stereocenters. The summed E-state index contributed by atoms with van der Waals surface area (Å²) in [4.78, 5) is 5.18. The number of hydrogen-bond donors (Lipinski definition) is 0. The lowest BCUT2D eigenvalue weighted by Gasteiger charge is -2.07. The molecule has 3 rings (SSSR count). The van der Waals surface area contributed by atoms with Crippen LogP contribution in [-0.2, 0) is 4.74 Å². The first kappa shape index (κ1) is 21.4. The number of thiazole rings is 1. The van der Waals surface area contributed by atoms with Crippen molar-refractivity contribution < 1.29 is 18.3 Å². The number of methoxy groups -OCH3 is 1. The monoisotopic (exact) mass is 428 g/mol. The van der Waals surface area contributed by atoms with Gasteiger partial charge in [-0.15, -0.1) is 11.3 Å². The molecule has 3 aromatic rings. The maximum atomic E-state index is 12.4. The topological polar surface area (TPSA) is 71.9 Å². The number of alkyl halides is 2. The molecule has 1 aromatic heterocycles. The molecule has 154 valence electrons. The van der Waals surface area contributed by atoms with Gasteiger partial charge in [0.1, 0.15) is 5.75 Å². The maximum absolute atomic E-state index is 12.4. The van der Waals surface area contributed by atoms with Crippen molar-refractivity contribution in [1.29, 1.82) is 5.26 Å². The van der Waals surface area contributed by atoms with Gasteiger partial charge in [0, 0.05) is 18.1 Å². The highest BCUT2D eigenvalue weighted by atomic mass is 32.1. The van der Waals surface area contributed by atoms with Crippen LogP contribution in [0.2, 0.25) is 0 Å². The minimum absolute atomic E-state index is 0.0848. The highest BCUT2D eigenvalue weighted by Gasteiger charge is 2.09. The predicted octanol–water partition coefficient (Wildman–Crippen LogP) is 4.12. The van der Waals surface area contributed by atoms with Crippen molar-refractivity contribution in [2.24, 2.45) is 10.1 Å². The van der Waals surface area contributed by atoms with Crippen molar-refractivity contribution in [3.63, 3.8) is 0 Å². The van der Waals surface area contributed by atoms with Crippen molar-refractivity contribution in [3.05, 3.63) is 69.8 Å². The number of benzene rings is 2. The van der Waals surface area contributed by atoms with Crippen LogP contribution in [0.3, 0.4) is 0 Å². The number of nitrogens with zero attached hydrogens (tertiary/aromatic N) is 4. The molecule has 0 aliphatic heterocycles. The lowest BCUT2D eigenvalue weighted by atomic mass is 10.1. The van der Waals surface area contributed by atoms with Crippen LogP contribution in [0.4, 0.5) is 8.78 Å². The number of aromatic nitrogens is 1. The molecular weight excluding hydrogens is 410 g/mol. The summed E-state index contributed by atoms with van der Waals surface area (Å²) in [6, 6.07) is 15.4. The summed E-state index contributed by atoms with van der Waals surface area (Å²) in [7, 11) is 1.61. The van der Waals surface area contributed by atoms with Gasteiger partial charge in [-0.1, -0.05) is 12.1 Å². The van der Waals surface area contributed by atoms with Gasteiger partial charge in [-0.25, -0.2) is 4.68 Å². The van der Waals surface area contributed by atoms with E-state index in [1.165, 1.54) is 23.5 Å². The Bertz CT molecular complexity index is 1100. The summed E-state index contributed by atoms with van der Waals surface area (Å²) in [5.74, 6) is 0.0848. The largest absolute Gasteiger partial charge is 0.435 e. The molecule has 0 fully saturated rings. The third kappa shape index (κ3) is 5.59. The van der Waals surface area contributed by atoms with E-state index in [4.69, 9.17) is 10.00 Å². The highest BCUT2D eigenvalue weighted by Crippen LogP contribution is 2.24. The molecule has 0 amide bonds. The number of hydrogen-bond acceptors (Lipinski definition) is 6. The molecule has 6 nitrogen and oxygen atoms in total. The van der Waals surface area contributed by atoms with Crippen LogP contribution in [0, 0.1) is 11.3 Å². The zero-order valence-electron chi connectivity index (χ0n) is 16.0. The van der Waals surface area contributed by atoms with Gasteiger partial charge in [0.25, 0.3) is 0 Å². The fraction of sp³-hybridized carbons (Fsp3) is 0.190. The quantitative estimate of drug-likeness (QED) is 0.400. The van der Waals surface area contributed by atoms with Gasteiger partial charge in [-0.2, -0.15) is 19.1 Å². The number of nitriles is 1. The van der Waals surface area contributed by atoms with Crippen LogP contribution < -0.4 is 9.54 Å². The first-order valence-corrected chi connectivity index (χ1v) is 9.78. The van der Waals surface area contributed by atoms with E-state index in [1.807, 2.05) is 5.38 Å². The summed E-state index contributed by atoms with van der Waals surface area (Å²) in [5, 5.41) is 15.4. The number of halogens is 2. The summed E-state index contributed by atoms with van der Waals surface area (Å²) >= 11 is 1.41. The molecule has 0 N–H and O–H groups in total. The molecule has 30 heavy (non-hydrogen) atoms. The molecule has 0 spiro atoms. The molecule has 1 heterocycles. The summed E-state index contributed by atoms with van der Waals surface area (Å²) in [6.07, 6.45) is 1.67. The van der Waals surface area contributed by atoms with Crippen molar-refractivity contribution >= 4 is 17.6 Å². The Morgan fingerprint density at radius 2 is 1.90 bits per heavy atom. The van der Waals surface area contributed by atoms with E-state index in [1.54, 1.807) is 54.4 Å². The zero-order valence-corrected chi connectivity index (χ0v) is 16.9. The first-order chi connectivity index (χ1) is 14.6. The molecule has 0 radical (unpaired) electrons. The van der Waals surface area contributed by atoms with Crippen molar-refractivity contribution in [1.82, 2.24) is 4.68 Å². The Kier molecular flexibility index (Phi) is 7.43. The lowest BCUT2D eigenvalue weighted by molar-refractivity contribution is -0.0498. The van der Waals surface area contributed by atoms with Crippen molar-refractivity contribution in [3.8, 4) is 23.1 Å².